The summed E-state index contributed by atoms with van der Waals surface area (Å²) in [6, 6.07) is 0. The van der Waals surface area contributed by atoms with E-state index in [0.717, 1.165) is 32.1 Å². The molecule has 0 radical (unpaired) electrons. The van der Waals surface area contributed by atoms with Crippen molar-refractivity contribution in [2.45, 2.75) is 200 Å². The minimum absolute atomic E-state index is 0.0342. The Labute approximate surface area is 320 Å². The van der Waals surface area contributed by atoms with Crippen molar-refractivity contribution in [1.82, 2.24) is 0 Å². The van der Waals surface area contributed by atoms with Crippen LogP contribution < -0.4 is 0 Å². The second-order valence-corrected chi connectivity index (χ2v) is 17.2. The molecule has 10 heteroatoms. The quantitative estimate of drug-likeness (QED) is 0.0217. The van der Waals surface area contributed by atoms with Gasteiger partial charge in [-0.3, -0.25) is 18.6 Å². The molecule has 0 spiro atoms. The summed E-state index contributed by atoms with van der Waals surface area (Å²) in [5.41, 5.74) is 0. The van der Waals surface area contributed by atoms with E-state index in [1.165, 1.54) is 128 Å². The van der Waals surface area contributed by atoms with Crippen LogP contribution in [-0.4, -0.2) is 74.9 Å². The van der Waals surface area contributed by atoms with Crippen molar-refractivity contribution in [1.29, 1.82) is 0 Å². The smallest absolute Gasteiger partial charge is 0.462 e. The summed E-state index contributed by atoms with van der Waals surface area (Å²) in [7, 11) is 1.48. The maximum Gasteiger partial charge on any atom is 0.472 e. The van der Waals surface area contributed by atoms with Crippen LogP contribution in [0.3, 0.4) is 0 Å². The van der Waals surface area contributed by atoms with Gasteiger partial charge in [0.1, 0.15) is 19.8 Å². The second-order valence-electron chi connectivity index (χ2n) is 15.7. The fraction of sp³-hybridized carbons (Fsp3) is 0.905. The first-order valence-electron chi connectivity index (χ1n) is 21.4. The molecule has 0 aliphatic heterocycles. The molecule has 0 bridgehead atoms. The Hall–Kier alpha value is -1.25. The van der Waals surface area contributed by atoms with Crippen LogP contribution in [0.15, 0.2) is 12.2 Å². The summed E-state index contributed by atoms with van der Waals surface area (Å²) < 4.78 is 34.2. The highest BCUT2D eigenvalue weighted by Gasteiger charge is 2.27. The lowest BCUT2D eigenvalue weighted by Gasteiger charge is -2.24. The molecular weight excluding hydrogens is 677 g/mol. The van der Waals surface area contributed by atoms with Gasteiger partial charge < -0.3 is 18.9 Å². The Balaban J connectivity index is 4.28. The van der Waals surface area contributed by atoms with Crippen molar-refractivity contribution >= 4 is 19.8 Å². The summed E-state index contributed by atoms with van der Waals surface area (Å²) in [6.07, 6.45) is 35.5. The number of esters is 2. The molecule has 9 nitrogen and oxygen atoms in total. The van der Waals surface area contributed by atoms with Crippen molar-refractivity contribution in [3.8, 4) is 0 Å². The van der Waals surface area contributed by atoms with Gasteiger partial charge in [-0.05, 0) is 38.5 Å². The molecule has 2 atom stereocenters. The first-order chi connectivity index (χ1) is 25.0. The van der Waals surface area contributed by atoms with Crippen molar-refractivity contribution in [3.05, 3.63) is 12.2 Å². The number of allylic oxidation sites excluding steroid dienone is 2. The molecule has 308 valence electrons. The van der Waals surface area contributed by atoms with Crippen molar-refractivity contribution in [2.24, 2.45) is 0 Å². The van der Waals surface area contributed by atoms with E-state index in [2.05, 4.69) is 26.0 Å². The van der Waals surface area contributed by atoms with E-state index >= 15 is 0 Å². The molecule has 52 heavy (non-hydrogen) atoms. The number of carbonyl (C=O) groups excluding carboxylic acids is 2. The van der Waals surface area contributed by atoms with Gasteiger partial charge in [-0.1, -0.05) is 154 Å². The van der Waals surface area contributed by atoms with Gasteiger partial charge >= 0.3 is 19.8 Å². The predicted octanol–water partition coefficient (Wildman–Crippen LogP) is 11.8. The number of phosphoric acid groups is 1. The van der Waals surface area contributed by atoms with Crippen LogP contribution in [0, 0.1) is 0 Å². The van der Waals surface area contributed by atoms with E-state index in [4.69, 9.17) is 18.5 Å². The zero-order valence-electron chi connectivity index (χ0n) is 34.6. The summed E-state index contributed by atoms with van der Waals surface area (Å²) >= 11 is 0. The molecule has 0 aromatic heterocycles. The topological polar surface area (TPSA) is 108 Å². The van der Waals surface area contributed by atoms with E-state index < -0.39 is 26.5 Å². The zero-order valence-corrected chi connectivity index (χ0v) is 35.5. The summed E-state index contributed by atoms with van der Waals surface area (Å²) in [5, 5.41) is 0. The van der Waals surface area contributed by atoms with Crippen LogP contribution in [-0.2, 0) is 32.7 Å². The number of phosphoric ester groups is 1. The van der Waals surface area contributed by atoms with Crippen molar-refractivity contribution in [2.75, 3.05) is 47.5 Å². The molecule has 0 fully saturated rings. The molecule has 0 aliphatic rings. The summed E-state index contributed by atoms with van der Waals surface area (Å²) in [4.78, 5) is 35.2. The third-order valence-electron chi connectivity index (χ3n) is 9.30. The van der Waals surface area contributed by atoms with Crippen LogP contribution in [0.2, 0.25) is 0 Å². The molecule has 0 aromatic rings. The molecule has 1 N–H and O–H groups in total. The highest BCUT2D eigenvalue weighted by molar-refractivity contribution is 7.47. The Morgan fingerprint density at radius 1 is 0.577 bits per heavy atom. The monoisotopic (exact) mass is 761 g/mol. The van der Waals surface area contributed by atoms with Gasteiger partial charge in [0.2, 0.25) is 0 Å². The second kappa shape index (κ2) is 35.5. The number of quaternary nitrogens is 1. The first-order valence-corrected chi connectivity index (χ1v) is 22.9. The number of unbranched alkanes of at least 4 members (excludes halogenated alkanes) is 23. The average molecular weight is 761 g/mol. The van der Waals surface area contributed by atoms with Crippen LogP contribution in [0.1, 0.15) is 194 Å². The lowest BCUT2D eigenvalue weighted by atomic mass is 10.1. The SMILES string of the molecule is CCCCCCCC/C=C\CCCCCCCCCCCC(=O)OC(COC(=O)CCCCCCCCCCC)COP(=O)(O)OCC[N+](C)(C)C. The van der Waals surface area contributed by atoms with Crippen LogP contribution in [0.4, 0.5) is 0 Å². The van der Waals surface area contributed by atoms with Gasteiger partial charge in [0, 0.05) is 12.8 Å². The van der Waals surface area contributed by atoms with Gasteiger partial charge in [0.25, 0.3) is 0 Å². The standard InChI is InChI=1S/C42H82NO8P/c1-6-8-10-12-14-16-17-18-19-20-21-22-23-24-25-27-29-31-33-35-42(45)51-40(39-50-52(46,47)49-37-36-43(3,4)5)38-48-41(44)34-32-30-28-26-15-13-11-9-7-2/h18-19,40H,6-17,20-39H2,1-5H3/p+1/b19-18-. The van der Waals surface area contributed by atoms with E-state index in [-0.39, 0.29) is 25.6 Å². The number of rotatable bonds is 39. The zero-order chi connectivity index (χ0) is 38.6. The van der Waals surface area contributed by atoms with E-state index in [0.29, 0.717) is 23.9 Å². The lowest BCUT2D eigenvalue weighted by Crippen LogP contribution is -2.37. The number of hydrogen-bond acceptors (Lipinski definition) is 7. The fourth-order valence-corrected chi connectivity index (χ4v) is 6.63. The average Bonchev–Trinajstić information content (AvgIpc) is 3.09. The number of likely N-dealkylation sites (N-methyl/N-ethyl adjacent to an activating group) is 1. The maximum absolute atomic E-state index is 12.7. The number of carbonyl (C=O) groups is 2. The van der Waals surface area contributed by atoms with E-state index in [1.807, 2.05) is 21.1 Å². The number of hydrogen-bond donors (Lipinski definition) is 1. The molecule has 0 amide bonds. The molecule has 0 aromatic carbocycles. The highest BCUT2D eigenvalue weighted by Crippen LogP contribution is 2.43. The predicted molar refractivity (Wildman–Crippen MR) is 215 cm³/mol. The number of nitrogens with zero attached hydrogens (tertiary/aromatic N) is 1. The summed E-state index contributed by atoms with van der Waals surface area (Å²) in [5.74, 6) is -0.797. The van der Waals surface area contributed by atoms with Crippen LogP contribution in [0.25, 0.3) is 0 Å². The van der Waals surface area contributed by atoms with Gasteiger partial charge in [0.05, 0.1) is 27.7 Å². The van der Waals surface area contributed by atoms with E-state index in [1.54, 1.807) is 0 Å². The van der Waals surface area contributed by atoms with Gasteiger partial charge in [-0.2, -0.15) is 0 Å². The highest BCUT2D eigenvalue weighted by atomic mass is 31.2. The third kappa shape index (κ3) is 38.5. The van der Waals surface area contributed by atoms with Crippen LogP contribution >= 0.6 is 7.82 Å². The number of ether oxygens (including phenoxy) is 2. The molecule has 0 rings (SSSR count). The van der Waals surface area contributed by atoms with Crippen molar-refractivity contribution < 1.29 is 42.1 Å². The fourth-order valence-electron chi connectivity index (χ4n) is 5.89. The Kier molecular flexibility index (Phi) is 34.6. The Morgan fingerprint density at radius 2 is 0.981 bits per heavy atom. The first kappa shape index (κ1) is 50.8. The minimum Gasteiger partial charge on any atom is -0.462 e. The summed E-state index contributed by atoms with van der Waals surface area (Å²) in [6.45, 7) is 4.40. The van der Waals surface area contributed by atoms with Gasteiger partial charge in [0.15, 0.2) is 6.10 Å². The normalized spacial score (nSPS) is 13.7. The minimum atomic E-state index is -4.36. The van der Waals surface area contributed by atoms with Crippen LogP contribution in [0.5, 0.6) is 0 Å². The third-order valence-corrected chi connectivity index (χ3v) is 10.3. The maximum atomic E-state index is 12.7. The molecule has 0 heterocycles. The molecule has 0 saturated carbocycles. The molecule has 0 saturated heterocycles. The van der Waals surface area contributed by atoms with Gasteiger partial charge in [-0.25, -0.2) is 4.57 Å². The van der Waals surface area contributed by atoms with E-state index in [9.17, 15) is 19.0 Å². The van der Waals surface area contributed by atoms with Crippen molar-refractivity contribution in [3.63, 3.8) is 0 Å². The molecule has 0 aliphatic carbocycles. The molecular formula is C42H83NO8P+. The Bertz CT molecular complexity index is 907. The van der Waals surface area contributed by atoms with Gasteiger partial charge in [-0.15, -0.1) is 0 Å². The largest absolute Gasteiger partial charge is 0.472 e. The lowest BCUT2D eigenvalue weighted by molar-refractivity contribution is -0.870. The Morgan fingerprint density at radius 3 is 1.42 bits per heavy atom. The molecule has 2 unspecified atom stereocenters.